The van der Waals surface area contributed by atoms with Gasteiger partial charge in [-0.25, -0.2) is 0 Å². The molecule has 0 bridgehead atoms. The number of hydrogen-bond acceptors (Lipinski definition) is 3. The average molecular weight is 402 g/mol. The molecule has 2 aliphatic heterocycles. The Labute approximate surface area is 177 Å². The zero-order chi connectivity index (χ0) is 21.0. The van der Waals surface area contributed by atoms with Crippen LogP contribution in [-0.2, 0) is 16.0 Å². The van der Waals surface area contributed by atoms with Crippen LogP contribution in [0.1, 0.15) is 32.3 Å². The van der Waals surface area contributed by atoms with E-state index in [1.807, 2.05) is 54.4 Å². The fraction of sp³-hybridized carbons (Fsp3) is 0.360. The smallest absolute Gasteiger partial charge is 0.254 e. The van der Waals surface area contributed by atoms with Crippen LogP contribution in [0.15, 0.2) is 65.9 Å². The molecule has 1 unspecified atom stereocenters. The number of hydrogen-bond donors (Lipinski definition) is 1. The molecule has 2 amide bonds. The highest BCUT2D eigenvalue weighted by molar-refractivity contribution is 6.07. The maximum Gasteiger partial charge on any atom is 0.254 e. The van der Waals surface area contributed by atoms with E-state index in [2.05, 4.69) is 31.3 Å². The van der Waals surface area contributed by atoms with Gasteiger partial charge in [-0.3, -0.25) is 9.59 Å². The number of carbonyl (C=O) groups is 2. The largest absolute Gasteiger partial charge is 0.355 e. The first-order chi connectivity index (χ1) is 14.4. The first kappa shape index (κ1) is 18.9. The van der Waals surface area contributed by atoms with Crippen molar-refractivity contribution in [3.05, 3.63) is 71.4 Å². The van der Waals surface area contributed by atoms with Crippen LogP contribution in [0, 0.1) is 5.92 Å². The minimum Gasteiger partial charge on any atom is -0.355 e. The van der Waals surface area contributed by atoms with Crippen LogP contribution >= 0.6 is 0 Å². The van der Waals surface area contributed by atoms with E-state index >= 15 is 0 Å². The van der Waals surface area contributed by atoms with Crippen molar-refractivity contribution in [1.29, 1.82) is 0 Å². The van der Waals surface area contributed by atoms with E-state index in [1.165, 1.54) is 0 Å². The number of para-hydroxylation sites is 2. The molecule has 154 valence electrons. The van der Waals surface area contributed by atoms with Gasteiger partial charge in [-0.2, -0.15) is 0 Å². The Hall–Kier alpha value is -3.08. The SMILES string of the molecule is CN1C(=O)C2=C(Nc3ccccc3N(C(=O)C3CC3)C2Cc2ccccc2)C1(C)C. The van der Waals surface area contributed by atoms with Gasteiger partial charge in [-0.15, -0.1) is 0 Å². The lowest BCUT2D eigenvalue weighted by molar-refractivity contribution is -0.127. The molecule has 2 heterocycles. The number of anilines is 2. The van der Waals surface area contributed by atoms with E-state index in [-0.39, 0.29) is 23.8 Å². The maximum atomic E-state index is 13.6. The first-order valence-electron chi connectivity index (χ1n) is 10.7. The Morgan fingerprint density at radius 3 is 2.43 bits per heavy atom. The Morgan fingerprint density at radius 2 is 1.73 bits per heavy atom. The van der Waals surface area contributed by atoms with Gasteiger partial charge in [-0.1, -0.05) is 42.5 Å². The molecule has 3 aliphatic rings. The van der Waals surface area contributed by atoms with Crippen molar-refractivity contribution < 1.29 is 9.59 Å². The van der Waals surface area contributed by atoms with Crippen molar-refractivity contribution >= 4 is 23.2 Å². The topological polar surface area (TPSA) is 52.7 Å². The molecule has 0 spiro atoms. The van der Waals surface area contributed by atoms with Gasteiger partial charge >= 0.3 is 0 Å². The molecule has 5 heteroatoms. The maximum absolute atomic E-state index is 13.6. The molecule has 1 saturated carbocycles. The van der Waals surface area contributed by atoms with Crippen molar-refractivity contribution in [2.45, 2.75) is 44.7 Å². The highest BCUT2D eigenvalue weighted by Gasteiger charge is 2.50. The van der Waals surface area contributed by atoms with Crippen LogP contribution < -0.4 is 10.2 Å². The second-order valence-electron chi connectivity index (χ2n) is 9.04. The lowest BCUT2D eigenvalue weighted by Gasteiger charge is -2.34. The Balaban J connectivity index is 1.73. The molecule has 2 aromatic rings. The molecule has 5 rings (SSSR count). The molecule has 5 nitrogen and oxygen atoms in total. The van der Waals surface area contributed by atoms with Crippen molar-refractivity contribution in [2.75, 3.05) is 17.3 Å². The van der Waals surface area contributed by atoms with Gasteiger partial charge in [0.1, 0.15) is 0 Å². The Morgan fingerprint density at radius 1 is 1.07 bits per heavy atom. The monoisotopic (exact) mass is 401 g/mol. The van der Waals surface area contributed by atoms with E-state index < -0.39 is 5.54 Å². The first-order valence-corrected chi connectivity index (χ1v) is 10.7. The number of rotatable bonds is 3. The number of carbonyl (C=O) groups excluding carboxylic acids is 2. The molecule has 0 radical (unpaired) electrons. The molecule has 1 atom stereocenters. The van der Waals surface area contributed by atoms with Crippen molar-refractivity contribution in [2.24, 2.45) is 5.92 Å². The summed E-state index contributed by atoms with van der Waals surface area (Å²) in [6.45, 7) is 4.11. The highest BCUT2D eigenvalue weighted by Crippen LogP contribution is 2.46. The predicted octanol–water partition coefficient (Wildman–Crippen LogP) is 3.97. The molecule has 0 aromatic heterocycles. The molecule has 2 aromatic carbocycles. The summed E-state index contributed by atoms with van der Waals surface area (Å²) in [5.41, 5.74) is 3.97. The second-order valence-corrected chi connectivity index (χ2v) is 9.04. The van der Waals surface area contributed by atoms with E-state index in [0.717, 1.165) is 35.5 Å². The van der Waals surface area contributed by atoms with Gasteiger partial charge in [0, 0.05) is 13.0 Å². The zero-order valence-corrected chi connectivity index (χ0v) is 17.7. The van der Waals surface area contributed by atoms with Crippen molar-refractivity contribution in [3.63, 3.8) is 0 Å². The lowest BCUT2D eigenvalue weighted by Crippen LogP contribution is -2.46. The Kier molecular flexibility index (Phi) is 4.24. The molecular weight excluding hydrogens is 374 g/mol. The van der Waals surface area contributed by atoms with Gasteiger partial charge in [-0.05, 0) is 50.8 Å². The fourth-order valence-corrected chi connectivity index (χ4v) is 4.62. The summed E-state index contributed by atoms with van der Waals surface area (Å²) in [5, 5.41) is 3.56. The summed E-state index contributed by atoms with van der Waals surface area (Å²) in [6, 6.07) is 17.7. The van der Waals surface area contributed by atoms with Gasteiger partial charge in [0.15, 0.2) is 0 Å². The van der Waals surface area contributed by atoms with Crippen LogP contribution in [0.4, 0.5) is 11.4 Å². The van der Waals surface area contributed by atoms with Crippen LogP contribution in [0.25, 0.3) is 0 Å². The van der Waals surface area contributed by atoms with Crippen LogP contribution in [0.5, 0.6) is 0 Å². The van der Waals surface area contributed by atoms with E-state index in [4.69, 9.17) is 0 Å². The summed E-state index contributed by atoms with van der Waals surface area (Å²) < 4.78 is 0. The van der Waals surface area contributed by atoms with Crippen molar-refractivity contribution in [3.8, 4) is 0 Å². The third-order valence-electron chi connectivity index (χ3n) is 6.76. The second kappa shape index (κ2) is 6.73. The molecular formula is C25H27N3O2. The van der Waals surface area contributed by atoms with Gasteiger partial charge in [0.2, 0.25) is 5.91 Å². The summed E-state index contributed by atoms with van der Waals surface area (Å²) in [4.78, 5) is 30.8. The van der Waals surface area contributed by atoms with Crippen LogP contribution in [-0.4, -0.2) is 35.3 Å². The van der Waals surface area contributed by atoms with E-state index in [1.54, 1.807) is 4.90 Å². The summed E-state index contributed by atoms with van der Waals surface area (Å²) in [7, 11) is 1.84. The van der Waals surface area contributed by atoms with Gasteiger partial charge < -0.3 is 15.1 Å². The number of likely N-dealkylation sites (N-methyl/N-ethyl adjacent to an activating group) is 1. The number of fused-ring (bicyclic) bond motifs is 1. The van der Waals surface area contributed by atoms with E-state index in [9.17, 15) is 9.59 Å². The summed E-state index contributed by atoms with van der Waals surface area (Å²) >= 11 is 0. The summed E-state index contributed by atoms with van der Waals surface area (Å²) in [6.07, 6.45) is 2.45. The van der Waals surface area contributed by atoms with Crippen molar-refractivity contribution in [1.82, 2.24) is 4.90 Å². The van der Waals surface area contributed by atoms with Crippen LogP contribution in [0.2, 0.25) is 0 Å². The number of benzene rings is 2. The standard InChI is InChI=1S/C25H27N3O2/c1-25(2)22-21(24(30)27(25)3)20(15-16-9-5-4-6-10-16)28(23(29)17-13-14-17)19-12-8-7-11-18(19)26-22/h4-12,17,20,26H,13-15H2,1-3H3. The zero-order valence-electron chi connectivity index (χ0n) is 17.7. The lowest BCUT2D eigenvalue weighted by atomic mass is 9.92. The quantitative estimate of drug-likeness (QED) is 0.847. The third kappa shape index (κ3) is 2.83. The molecule has 30 heavy (non-hydrogen) atoms. The Bertz CT molecular complexity index is 1050. The third-order valence-corrected chi connectivity index (χ3v) is 6.76. The number of nitrogens with one attached hydrogen (secondary N) is 1. The predicted molar refractivity (Wildman–Crippen MR) is 118 cm³/mol. The summed E-state index contributed by atoms with van der Waals surface area (Å²) in [5.74, 6) is 0.171. The highest BCUT2D eigenvalue weighted by atomic mass is 16.2. The molecule has 1 fully saturated rings. The van der Waals surface area contributed by atoms with Gasteiger partial charge in [0.05, 0.1) is 34.2 Å². The average Bonchev–Trinajstić information content (AvgIpc) is 3.57. The minimum absolute atomic E-state index is 0.00941. The normalized spacial score (nSPS) is 22.4. The number of amides is 2. The molecule has 0 saturated heterocycles. The number of nitrogens with zero attached hydrogens (tertiary/aromatic N) is 2. The fourth-order valence-electron chi connectivity index (χ4n) is 4.62. The molecule has 1 N–H and O–H groups in total. The molecule has 1 aliphatic carbocycles. The minimum atomic E-state index is -0.479. The van der Waals surface area contributed by atoms with Gasteiger partial charge in [0.25, 0.3) is 5.91 Å². The van der Waals surface area contributed by atoms with Crippen LogP contribution in [0.3, 0.4) is 0 Å². The van der Waals surface area contributed by atoms with E-state index in [0.29, 0.717) is 12.0 Å².